The molecule has 0 saturated heterocycles. The lowest BCUT2D eigenvalue weighted by atomic mass is 9.87. The van der Waals surface area contributed by atoms with E-state index in [2.05, 4.69) is 4.74 Å². The Morgan fingerprint density at radius 2 is 0.818 bits per heavy atom. The molecular formula is C15H7F17O. The number of hydrogen-bond acceptors (Lipinski definition) is 1. The van der Waals surface area contributed by atoms with Crippen molar-refractivity contribution in [2.45, 2.75) is 47.6 Å². The predicted molar refractivity (Wildman–Crippen MR) is 72.6 cm³/mol. The van der Waals surface area contributed by atoms with Crippen LogP contribution in [-0.4, -0.2) is 48.8 Å². The molecule has 18 heteroatoms. The lowest BCUT2D eigenvalue weighted by molar-refractivity contribution is -0.462. The molecule has 0 atom stereocenters. The van der Waals surface area contributed by atoms with Crippen LogP contribution in [0.15, 0.2) is 24.3 Å². The third-order valence-electron chi connectivity index (χ3n) is 4.17. The third-order valence-corrected chi connectivity index (χ3v) is 4.17. The van der Waals surface area contributed by atoms with Crippen LogP contribution in [0, 0.1) is 0 Å². The lowest BCUT2D eigenvalue weighted by Crippen LogP contribution is -2.74. The first-order chi connectivity index (χ1) is 14.3. The quantitative estimate of drug-likeness (QED) is 0.327. The molecule has 33 heavy (non-hydrogen) atoms. The molecule has 1 aromatic rings. The zero-order valence-corrected chi connectivity index (χ0v) is 15.1. The molecule has 0 aliphatic rings. The first-order valence-corrected chi connectivity index (χ1v) is 7.65. The summed E-state index contributed by atoms with van der Waals surface area (Å²) in [6.45, 7) is 0. The smallest absolute Gasteiger partial charge is 0.460 e. The highest BCUT2D eigenvalue weighted by Gasteiger charge is 2.95. The van der Waals surface area contributed by atoms with Crippen LogP contribution in [0.2, 0.25) is 0 Å². The minimum Gasteiger partial charge on any atom is -0.496 e. The van der Waals surface area contributed by atoms with E-state index < -0.39 is 58.9 Å². The van der Waals surface area contributed by atoms with Gasteiger partial charge in [0.2, 0.25) is 0 Å². The monoisotopic (exact) mass is 526 g/mol. The largest absolute Gasteiger partial charge is 0.496 e. The van der Waals surface area contributed by atoms with Gasteiger partial charge in [-0.2, -0.15) is 74.6 Å². The Balaban J connectivity index is 3.77. The Hall–Kier alpha value is -2.17. The molecule has 0 aliphatic heterocycles. The number of rotatable bonds is 8. The van der Waals surface area contributed by atoms with Crippen LogP contribution >= 0.6 is 0 Å². The SMILES string of the molecule is COc1ccccc1C(F)(F)C(F)(F)C(F)(F)C(F)(F)C(F)(F)C(F)(F)C(F)(F)C(F)(F)F. The van der Waals surface area contributed by atoms with E-state index in [1.807, 2.05) is 0 Å². The van der Waals surface area contributed by atoms with Gasteiger partial charge in [0.25, 0.3) is 0 Å². The molecule has 0 fully saturated rings. The maximum Gasteiger partial charge on any atom is 0.460 e. The van der Waals surface area contributed by atoms with Gasteiger partial charge >= 0.3 is 47.6 Å². The van der Waals surface area contributed by atoms with Gasteiger partial charge in [0, 0.05) is 0 Å². The average Bonchev–Trinajstić information content (AvgIpc) is 2.65. The fourth-order valence-corrected chi connectivity index (χ4v) is 2.24. The van der Waals surface area contributed by atoms with Gasteiger partial charge in [-0.25, -0.2) is 0 Å². The highest BCUT2D eigenvalue weighted by Crippen LogP contribution is 2.65. The zero-order chi connectivity index (χ0) is 26.7. The Morgan fingerprint density at radius 1 is 0.485 bits per heavy atom. The first kappa shape index (κ1) is 28.9. The first-order valence-electron chi connectivity index (χ1n) is 7.65. The summed E-state index contributed by atoms with van der Waals surface area (Å²) >= 11 is 0. The molecular weight excluding hydrogens is 519 g/mol. The number of ether oxygens (including phenoxy) is 1. The molecule has 1 rings (SSSR count). The zero-order valence-electron chi connectivity index (χ0n) is 15.1. The van der Waals surface area contributed by atoms with Crippen molar-refractivity contribution in [3.63, 3.8) is 0 Å². The van der Waals surface area contributed by atoms with Gasteiger partial charge in [-0.1, -0.05) is 12.1 Å². The van der Waals surface area contributed by atoms with Crippen molar-refractivity contribution in [1.29, 1.82) is 0 Å². The van der Waals surface area contributed by atoms with E-state index in [9.17, 15) is 74.6 Å². The van der Waals surface area contributed by atoms with Gasteiger partial charge in [0.05, 0.1) is 12.7 Å². The molecule has 1 aromatic carbocycles. The molecule has 0 aromatic heterocycles. The summed E-state index contributed by atoms with van der Waals surface area (Å²) < 4.78 is 229. The Morgan fingerprint density at radius 3 is 1.18 bits per heavy atom. The topological polar surface area (TPSA) is 9.23 Å². The van der Waals surface area contributed by atoms with Gasteiger partial charge in [-0.15, -0.1) is 0 Å². The minimum atomic E-state index is -8.65. The summed E-state index contributed by atoms with van der Waals surface area (Å²) in [7, 11) is 0.466. The Labute approximate surface area is 171 Å². The predicted octanol–water partition coefficient (Wildman–Crippen LogP) is 7.16. The Kier molecular flexibility index (Phi) is 6.71. The van der Waals surface area contributed by atoms with Gasteiger partial charge in [0.15, 0.2) is 0 Å². The molecule has 192 valence electrons. The fourth-order valence-electron chi connectivity index (χ4n) is 2.24. The third kappa shape index (κ3) is 3.63. The van der Waals surface area contributed by atoms with Crippen LogP contribution in [0.4, 0.5) is 74.6 Å². The summed E-state index contributed by atoms with van der Waals surface area (Å²) in [4.78, 5) is 0. The number of halogens is 17. The van der Waals surface area contributed by atoms with Crippen LogP contribution in [0.1, 0.15) is 5.56 Å². The number of alkyl halides is 17. The molecule has 0 amide bonds. The number of methoxy groups -OCH3 is 1. The van der Waals surface area contributed by atoms with Crippen molar-refractivity contribution in [3.8, 4) is 5.75 Å². The van der Waals surface area contributed by atoms with E-state index >= 15 is 0 Å². The lowest BCUT2D eigenvalue weighted by Gasteiger charge is -2.42. The van der Waals surface area contributed by atoms with Gasteiger partial charge in [0.1, 0.15) is 5.75 Å². The molecule has 0 unspecified atom stereocenters. The molecule has 0 spiro atoms. The summed E-state index contributed by atoms with van der Waals surface area (Å²) in [6, 6.07) is 1.36. The van der Waals surface area contributed by atoms with Crippen molar-refractivity contribution in [1.82, 2.24) is 0 Å². The highest BCUT2D eigenvalue weighted by atomic mass is 19.4. The fraction of sp³-hybridized carbons (Fsp3) is 0.600. The second kappa shape index (κ2) is 7.68. The van der Waals surface area contributed by atoms with E-state index in [1.165, 1.54) is 0 Å². The van der Waals surface area contributed by atoms with Crippen LogP contribution in [-0.2, 0) is 5.92 Å². The maximum absolute atomic E-state index is 14.1. The molecule has 0 radical (unpaired) electrons. The number of para-hydroxylation sites is 1. The molecule has 0 saturated carbocycles. The van der Waals surface area contributed by atoms with Gasteiger partial charge < -0.3 is 4.74 Å². The van der Waals surface area contributed by atoms with Gasteiger partial charge in [-0.3, -0.25) is 0 Å². The van der Waals surface area contributed by atoms with E-state index in [0.29, 0.717) is 19.2 Å². The van der Waals surface area contributed by atoms with Crippen molar-refractivity contribution in [3.05, 3.63) is 29.8 Å². The molecule has 0 bridgehead atoms. The number of hydrogen-bond donors (Lipinski definition) is 0. The summed E-state index contributed by atoms with van der Waals surface area (Å²) in [6.07, 6.45) is -7.78. The normalized spacial score (nSPS) is 15.6. The van der Waals surface area contributed by atoms with Crippen LogP contribution < -0.4 is 4.74 Å². The van der Waals surface area contributed by atoms with Crippen LogP contribution in [0.3, 0.4) is 0 Å². The van der Waals surface area contributed by atoms with Gasteiger partial charge in [-0.05, 0) is 12.1 Å². The summed E-state index contributed by atoms with van der Waals surface area (Å²) in [5.74, 6) is -58.2. The molecule has 0 N–H and O–H groups in total. The highest BCUT2D eigenvalue weighted by molar-refractivity contribution is 5.39. The molecule has 1 nitrogen and oxygen atoms in total. The van der Waals surface area contributed by atoms with Crippen LogP contribution in [0.5, 0.6) is 5.75 Å². The molecule has 0 aliphatic carbocycles. The second-order valence-corrected chi connectivity index (χ2v) is 6.22. The van der Waals surface area contributed by atoms with E-state index in [0.717, 1.165) is 6.07 Å². The number of benzene rings is 1. The standard InChI is InChI=1S/C15H7F17O/c1-33-7-5-3-2-4-6(7)8(16,17)9(18,19)10(20,21)11(22,23)12(24,25)13(26,27)14(28,29)15(30,31)32/h2-5H,1H3. The van der Waals surface area contributed by atoms with E-state index in [4.69, 9.17) is 0 Å². The second-order valence-electron chi connectivity index (χ2n) is 6.22. The van der Waals surface area contributed by atoms with Crippen molar-refractivity contribution in [2.24, 2.45) is 0 Å². The minimum absolute atomic E-state index is 0.161. The summed E-state index contributed by atoms with van der Waals surface area (Å²) in [5, 5.41) is 0. The van der Waals surface area contributed by atoms with Crippen LogP contribution in [0.25, 0.3) is 0 Å². The van der Waals surface area contributed by atoms with Crippen molar-refractivity contribution >= 4 is 0 Å². The Bertz CT molecular complexity index is 854. The van der Waals surface area contributed by atoms with E-state index in [-0.39, 0.29) is 6.07 Å². The average molecular weight is 526 g/mol. The van der Waals surface area contributed by atoms with Crippen molar-refractivity contribution in [2.75, 3.05) is 7.11 Å². The molecule has 0 heterocycles. The summed E-state index contributed by atoms with van der Waals surface area (Å²) in [5.41, 5.74) is -2.37. The maximum atomic E-state index is 14.1. The van der Waals surface area contributed by atoms with Crippen molar-refractivity contribution < 1.29 is 79.4 Å². The van der Waals surface area contributed by atoms with E-state index in [1.54, 1.807) is 0 Å².